The molecule has 0 aliphatic carbocycles. The Balaban J connectivity index is 1.50. The van der Waals surface area contributed by atoms with Gasteiger partial charge in [-0.2, -0.15) is 0 Å². The molecular formula is C34H30ClIN2O7S. The molecule has 0 saturated heterocycles. The molecule has 1 atom stereocenters. The first kappa shape index (κ1) is 33.4. The van der Waals surface area contributed by atoms with Crippen LogP contribution in [-0.4, -0.2) is 36.8 Å². The van der Waals surface area contributed by atoms with Gasteiger partial charge in [0.2, 0.25) is 0 Å². The summed E-state index contributed by atoms with van der Waals surface area (Å²) < 4.78 is 24.9. The Kier molecular flexibility index (Phi) is 10.6. The molecule has 3 aromatic carbocycles. The molecule has 0 fully saturated rings. The number of carbonyl (C=O) groups excluding carboxylic acids is 2. The van der Waals surface area contributed by atoms with Gasteiger partial charge in [0.05, 0.1) is 45.3 Å². The van der Waals surface area contributed by atoms with Gasteiger partial charge in [0, 0.05) is 5.02 Å². The summed E-state index contributed by atoms with van der Waals surface area (Å²) in [5.41, 5.74) is 3.06. The van der Waals surface area contributed by atoms with E-state index in [4.69, 9.17) is 30.5 Å². The molecule has 0 amide bonds. The number of nitrogens with zero attached hydrogens (tertiary/aromatic N) is 2. The van der Waals surface area contributed by atoms with Crippen LogP contribution in [0.2, 0.25) is 5.02 Å². The summed E-state index contributed by atoms with van der Waals surface area (Å²) in [6, 6.07) is 17.0. The van der Waals surface area contributed by atoms with E-state index in [9.17, 15) is 14.4 Å². The number of thiazole rings is 1. The molecule has 1 aliphatic rings. The van der Waals surface area contributed by atoms with Crippen LogP contribution in [0.3, 0.4) is 0 Å². The Bertz CT molecular complexity index is 2020. The van der Waals surface area contributed by atoms with Crippen LogP contribution < -0.4 is 24.4 Å². The van der Waals surface area contributed by atoms with E-state index in [2.05, 4.69) is 27.6 Å². The lowest BCUT2D eigenvalue weighted by atomic mass is 9.96. The molecule has 0 unspecified atom stereocenters. The van der Waals surface area contributed by atoms with Gasteiger partial charge in [-0.3, -0.25) is 9.36 Å². The monoisotopic (exact) mass is 772 g/mol. The molecule has 0 radical (unpaired) electrons. The highest BCUT2D eigenvalue weighted by Gasteiger charge is 2.34. The maximum atomic E-state index is 14.0. The number of hydrogen-bond donors (Lipinski definition) is 0. The summed E-state index contributed by atoms with van der Waals surface area (Å²) in [4.78, 5) is 44.1. The molecule has 9 nitrogen and oxygen atoms in total. The van der Waals surface area contributed by atoms with Crippen molar-refractivity contribution in [1.82, 2.24) is 4.57 Å². The van der Waals surface area contributed by atoms with Gasteiger partial charge >= 0.3 is 11.9 Å². The molecule has 1 aromatic heterocycles. The summed E-state index contributed by atoms with van der Waals surface area (Å²) in [7, 11) is 1.55. The smallest absolute Gasteiger partial charge is 0.338 e. The van der Waals surface area contributed by atoms with Crippen LogP contribution in [0.15, 0.2) is 81.7 Å². The van der Waals surface area contributed by atoms with Gasteiger partial charge in [0.1, 0.15) is 12.6 Å². The van der Waals surface area contributed by atoms with Crippen molar-refractivity contribution in [2.75, 3.05) is 20.3 Å². The van der Waals surface area contributed by atoms with Crippen LogP contribution in [-0.2, 0) is 20.9 Å². The molecule has 238 valence electrons. The van der Waals surface area contributed by atoms with Crippen molar-refractivity contribution in [2.24, 2.45) is 4.99 Å². The minimum Gasteiger partial charge on any atom is -0.493 e. The Morgan fingerprint density at radius 2 is 1.74 bits per heavy atom. The summed E-state index contributed by atoms with van der Waals surface area (Å²) in [6.07, 6.45) is 1.76. The molecule has 2 heterocycles. The number of ether oxygens (including phenoxy) is 4. The van der Waals surface area contributed by atoms with E-state index in [1.807, 2.05) is 24.3 Å². The first-order valence-corrected chi connectivity index (χ1v) is 16.6. The maximum absolute atomic E-state index is 14.0. The fourth-order valence-corrected chi connectivity index (χ4v) is 7.07. The van der Waals surface area contributed by atoms with Crippen molar-refractivity contribution in [2.45, 2.75) is 33.4 Å². The average molecular weight is 773 g/mol. The highest BCUT2D eigenvalue weighted by Crippen LogP contribution is 2.36. The molecule has 0 spiro atoms. The number of rotatable bonds is 10. The number of carbonyl (C=O) groups is 2. The third-order valence-electron chi connectivity index (χ3n) is 7.11. The SMILES string of the molecule is CCOC(=O)C1=C(C)N=c2s/c(=C\c3cc(I)c(OCc4ccc(C(=O)OCC)cc4)c(OC)c3)c(=O)n2[C@H]1c1ccccc1Cl. The molecule has 5 rings (SSSR count). The average Bonchev–Trinajstić information content (AvgIpc) is 3.34. The van der Waals surface area contributed by atoms with E-state index in [1.54, 1.807) is 70.4 Å². The van der Waals surface area contributed by atoms with Gasteiger partial charge in [-0.1, -0.05) is 53.3 Å². The zero-order valence-corrected chi connectivity index (χ0v) is 29.2. The second kappa shape index (κ2) is 14.7. The minimum atomic E-state index is -0.803. The number of halogens is 2. The number of methoxy groups -OCH3 is 1. The number of benzene rings is 3. The van der Waals surface area contributed by atoms with E-state index in [0.29, 0.717) is 54.8 Å². The minimum absolute atomic E-state index is 0.178. The van der Waals surface area contributed by atoms with E-state index in [-0.39, 0.29) is 30.3 Å². The van der Waals surface area contributed by atoms with E-state index < -0.39 is 12.0 Å². The Labute approximate surface area is 287 Å². The molecule has 12 heteroatoms. The predicted octanol–water partition coefficient (Wildman–Crippen LogP) is 5.82. The largest absolute Gasteiger partial charge is 0.493 e. The van der Waals surface area contributed by atoms with Gasteiger partial charge in [0.25, 0.3) is 5.56 Å². The lowest BCUT2D eigenvalue weighted by molar-refractivity contribution is -0.139. The first-order chi connectivity index (χ1) is 22.2. The topological polar surface area (TPSA) is 105 Å². The van der Waals surface area contributed by atoms with Crippen molar-refractivity contribution < 1.29 is 28.5 Å². The van der Waals surface area contributed by atoms with Crippen molar-refractivity contribution >= 4 is 63.5 Å². The Morgan fingerprint density at radius 3 is 2.41 bits per heavy atom. The predicted molar refractivity (Wildman–Crippen MR) is 184 cm³/mol. The van der Waals surface area contributed by atoms with Gasteiger partial charge < -0.3 is 18.9 Å². The number of aromatic nitrogens is 1. The third kappa shape index (κ3) is 6.91. The highest BCUT2D eigenvalue weighted by atomic mass is 127. The molecular weight excluding hydrogens is 743 g/mol. The van der Waals surface area contributed by atoms with Crippen LogP contribution >= 0.6 is 45.5 Å². The third-order valence-corrected chi connectivity index (χ3v) is 9.24. The van der Waals surface area contributed by atoms with Gasteiger partial charge in [0.15, 0.2) is 16.3 Å². The van der Waals surface area contributed by atoms with Crippen LogP contribution in [0.1, 0.15) is 53.9 Å². The summed E-state index contributed by atoms with van der Waals surface area (Å²) in [5.74, 6) is 0.115. The first-order valence-electron chi connectivity index (χ1n) is 14.4. The fourth-order valence-electron chi connectivity index (χ4n) is 5.00. The lowest BCUT2D eigenvalue weighted by Gasteiger charge is -2.25. The van der Waals surface area contributed by atoms with E-state index in [0.717, 1.165) is 9.13 Å². The number of esters is 2. The van der Waals surface area contributed by atoms with E-state index in [1.165, 1.54) is 15.9 Å². The van der Waals surface area contributed by atoms with Crippen molar-refractivity contribution in [1.29, 1.82) is 0 Å². The van der Waals surface area contributed by atoms with Crippen LogP contribution in [0.25, 0.3) is 6.08 Å². The zero-order chi connectivity index (χ0) is 33.0. The normalized spacial score (nSPS) is 14.4. The van der Waals surface area contributed by atoms with Gasteiger partial charge in [-0.05, 0) is 96.5 Å². The second-order valence-electron chi connectivity index (χ2n) is 10.1. The summed E-state index contributed by atoms with van der Waals surface area (Å²) in [6.45, 7) is 5.96. The molecule has 0 N–H and O–H groups in total. The van der Waals surface area contributed by atoms with Crippen molar-refractivity contribution in [3.63, 3.8) is 0 Å². The zero-order valence-electron chi connectivity index (χ0n) is 25.5. The van der Waals surface area contributed by atoms with Crippen LogP contribution in [0.5, 0.6) is 11.5 Å². The summed E-state index contributed by atoms with van der Waals surface area (Å²) >= 11 is 9.99. The summed E-state index contributed by atoms with van der Waals surface area (Å²) in [5, 5.41) is 0.420. The van der Waals surface area contributed by atoms with Gasteiger partial charge in [-0.25, -0.2) is 14.6 Å². The molecule has 46 heavy (non-hydrogen) atoms. The molecule has 0 saturated carbocycles. The quantitative estimate of drug-likeness (QED) is 0.148. The Hall–Kier alpha value is -3.94. The highest BCUT2D eigenvalue weighted by molar-refractivity contribution is 14.1. The number of fused-ring (bicyclic) bond motifs is 1. The van der Waals surface area contributed by atoms with Crippen LogP contribution in [0, 0.1) is 3.57 Å². The molecule has 0 bridgehead atoms. The standard InChI is InChI=1S/C34H30ClIN2O7S/c1-5-43-32(40)22-13-11-20(12-14-22)18-45-30-25(36)15-21(16-26(30)42-4)17-27-31(39)38-29(23-9-7-8-10-24(23)35)28(33(41)44-6-2)19(3)37-34(38)46-27/h7-17,29H,5-6,18H2,1-4H3/b27-17-/t29-/m0/s1. The van der Waals surface area contributed by atoms with Gasteiger partial charge in [-0.15, -0.1) is 0 Å². The molecule has 1 aliphatic heterocycles. The second-order valence-corrected chi connectivity index (χ2v) is 12.6. The lowest BCUT2D eigenvalue weighted by Crippen LogP contribution is -2.40. The number of allylic oxidation sites excluding steroid dienone is 1. The number of hydrogen-bond acceptors (Lipinski definition) is 9. The molecule has 4 aromatic rings. The Morgan fingerprint density at radius 1 is 1.04 bits per heavy atom. The maximum Gasteiger partial charge on any atom is 0.338 e. The van der Waals surface area contributed by atoms with Crippen LogP contribution in [0.4, 0.5) is 0 Å². The van der Waals surface area contributed by atoms with E-state index >= 15 is 0 Å². The van der Waals surface area contributed by atoms with Crippen molar-refractivity contribution in [3.05, 3.63) is 122 Å². The fraction of sp³-hybridized carbons (Fsp3) is 0.235. The van der Waals surface area contributed by atoms with Crippen molar-refractivity contribution in [3.8, 4) is 11.5 Å².